The van der Waals surface area contributed by atoms with Gasteiger partial charge < -0.3 is 13.9 Å². The summed E-state index contributed by atoms with van der Waals surface area (Å²) in [5.41, 5.74) is 0.449. The molecule has 0 saturated carbocycles. The van der Waals surface area contributed by atoms with Crippen LogP contribution in [0.3, 0.4) is 0 Å². The molecule has 0 amide bonds. The third-order valence-corrected chi connectivity index (χ3v) is 2.88. The third kappa shape index (κ3) is 2.52. The first kappa shape index (κ1) is 14.1. The molecule has 1 aromatic carbocycles. The molecule has 1 aromatic heterocycles. The number of rotatable bonds is 4. The molecular formula is C15H16O5. The van der Waals surface area contributed by atoms with Gasteiger partial charge in [0.25, 0.3) is 0 Å². The van der Waals surface area contributed by atoms with Crippen molar-refractivity contribution in [3.8, 4) is 5.75 Å². The molecule has 2 aromatic rings. The van der Waals surface area contributed by atoms with Gasteiger partial charge in [-0.2, -0.15) is 0 Å². The number of methoxy groups -OCH3 is 1. The highest BCUT2D eigenvalue weighted by atomic mass is 16.5. The van der Waals surface area contributed by atoms with Gasteiger partial charge in [-0.05, 0) is 31.5 Å². The van der Waals surface area contributed by atoms with Gasteiger partial charge in [0.1, 0.15) is 11.3 Å². The second kappa shape index (κ2) is 5.77. The Bertz CT molecular complexity index is 699. The maximum absolute atomic E-state index is 12.4. The Kier molecular flexibility index (Phi) is 4.08. The van der Waals surface area contributed by atoms with Gasteiger partial charge in [-0.1, -0.05) is 6.92 Å². The van der Waals surface area contributed by atoms with Crippen molar-refractivity contribution in [1.29, 1.82) is 0 Å². The maximum atomic E-state index is 12.4. The molecule has 0 bridgehead atoms. The molecule has 0 spiro atoms. The number of carbonyl (C=O) groups excluding carboxylic acids is 1. The van der Waals surface area contributed by atoms with Gasteiger partial charge in [0.05, 0.1) is 24.7 Å². The molecule has 0 aliphatic carbocycles. The van der Waals surface area contributed by atoms with Crippen molar-refractivity contribution in [2.45, 2.75) is 20.3 Å². The number of carbonyl (C=O) groups is 1. The van der Waals surface area contributed by atoms with Crippen LogP contribution in [0, 0.1) is 6.92 Å². The second-order valence-corrected chi connectivity index (χ2v) is 4.37. The first-order valence-corrected chi connectivity index (χ1v) is 6.37. The Balaban J connectivity index is 2.61. The Morgan fingerprint density at radius 3 is 2.75 bits per heavy atom. The lowest BCUT2D eigenvalue weighted by molar-refractivity contribution is 0.0601. The average molecular weight is 276 g/mol. The van der Waals surface area contributed by atoms with Crippen molar-refractivity contribution >= 4 is 16.9 Å². The molecule has 0 radical (unpaired) electrons. The Morgan fingerprint density at radius 1 is 1.35 bits per heavy atom. The van der Waals surface area contributed by atoms with Crippen LogP contribution in [0.2, 0.25) is 0 Å². The van der Waals surface area contributed by atoms with E-state index in [-0.39, 0.29) is 11.2 Å². The first-order chi connectivity index (χ1) is 9.58. The summed E-state index contributed by atoms with van der Waals surface area (Å²) in [5, 5.41) is 0.310. The summed E-state index contributed by atoms with van der Waals surface area (Å²) in [4.78, 5) is 23.9. The van der Waals surface area contributed by atoms with Crippen LogP contribution in [-0.2, 0) is 4.74 Å². The van der Waals surface area contributed by atoms with Crippen molar-refractivity contribution in [3.63, 3.8) is 0 Å². The molecule has 1 heterocycles. The van der Waals surface area contributed by atoms with Crippen molar-refractivity contribution < 1.29 is 18.7 Å². The number of ether oxygens (including phenoxy) is 2. The number of aryl methyl sites for hydroxylation is 1. The van der Waals surface area contributed by atoms with Crippen LogP contribution in [0.1, 0.15) is 29.5 Å². The van der Waals surface area contributed by atoms with E-state index in [2.05, 4.69) is 4.74 Å². The predicted molar refractivity (Wildman–Crippen MR) is 74.3 cm³/mol. The molecule has 0 aliphatic heterocycles. The lowest BCUT2D eigenvalue weighted by atomic mass is 10.1. The standard InChI is InChI=1S/C15H16O5/c1-4-7-19-14-9(2)20-12-6-5-10(15(17)18-3)8-11(12)13(14)16/h5-6,8H,4,7H2,1-3H3. The normalized spacial score (nSPS) is 10.6. The minimum absolute atomic E-state index is 0.196. The molecular weight excluding hydrogens is 260 g/mol. The molecule has 0 N–H and O–H groups in total. The highest BCUT2D eigenvalue weighted by Gasteiger charge is 2.15. The Morgan fingerprint density at radius 2 is 2.10 bits per heavy atom. The van der Waals surface area contributed by atoms with Gasteiger partial charge in [-0.3, -0.25) is 4.79 Å². The minimum Gasteiger partial charge on any atom is -0.487 e. The summed E-state index contributed by atoms with van der Waals surface area (Å²) in [5.74, 6) is 0.131. The molecule has 5 heteroatoms. The zero-order valence-electron chi connectivity index (χ0n) is 11.7. The second-order valence-electron chi connectivity index (χ2n) is 4.37. The van der Waals surface area contributed by atoms with Gasteiger partial charge in [-0.25, -0.2) is 4.79 Å². The zero-order chi connectivity index (χ0) is 14.7. The van der Waals surface area contributed by atoms with E-state index in [0.717, 1.165) is 6.42 Å². The fraction of sp³-hybridized carbons (Fsp3) is 0.333. The van der Waals surface area contributed by atoms with Crippen LogP contribution < -0.4 is 10.2 Å². The van der Waals surface area contributed by atoms with Gasteiger partial charge in [-0.15, -0.1) is 0 Å². The summed E-state index contributed by atoms with van der Waals surface area (Å²) in [6.07, 6.45) is 0.791. The number of hydrogen-bond acceptors (Lipinski definition) is 5. The largest absolute Gasteiger partial charge is 0.487 e. The van der Waals surface area contributed by atoms with E-state index in [0.29, 0.717) is 28.9 Å². The van der Waals surface area contributed by atoms with Gasteiger partial charge in [0, 0.05) is 0 Å². The monoisotopic (exact) mass is 276 g/mol. The molecule has 5 nitrogen and oxygen atoms in total. The van der Waals surface area contributed by atoms with Crippen molar-refractivity contribution in [2.75, 3.05) is 13.7 Å². The van der Waals surface area contributed by atoms with Crippen molar-refractivity contribution in [3.05, 3.63) is 39.7 Å². The highest BCUT2D eigenvalue weighted by Crippen LogP contribution is 2.21. The fourth-order valence-corrected chi connectivity index (χ4v) is 1.91. The fourth-order valence-electron chi connectivity index (χ4n) is 1.91. The van der Waals surface area contributed by atoms with E-state index in [1.807, 2.05) is 6.92 Å². The Labute approximate surface area is 116 Å². The van der Waals surface area contributed by atoms with Crippen LogP contribution in [0.25, 0.3) is 11.0 Å². The van der Waals surface area contributed by atoms with Gasteiger partial charge in [0.15, 0.2) is 0 Å². The molecule has 106 valence electrons. The predicted octanol–water partition coefficient (Wildman–Crippen LogP) is 2.68. The first-order valence-electron chi connectivity index (χ1n) is 6.37. The Hall–Kier alpha value is -2.30. The van der Waals surface area contributed by atoms with Crippen LogP contribution in [-0.4, -0.2) is 19.7 Å². The number of hydrogen-bond donors (Lipinski definition) is 0. The SMILES string of the molecule is CCCOc1c(C)oc2ccc(C(=O)OC)cc2c1=O. The quantitative estimate of drug-likeness (QED) is 0.803. The molecule has 2 rings (SSSR count). The minimum atomic E-state index is -0.497. The molecule has 20 heavy (non-hydrogen) atoms. The molecule has 0 unspecified atom stereocenters. The van der Waals surface area contributed by atoms with E-state index in [1.165, 1.54) is 13.2 Å². The van der Waals surface area contributed by atoms with E-state index in [4.69, 9.17) is 9.15 Å². The number of fused-ring (bicyclic) bond motifs is 1. The van der Waals surface area contributed by atoms with E-state index >= 15 is 0 Å². The van der Waals surface area contributed by atoms with E-state index in [9.17, 15) is 9.59 Å². The summed E-state index contributed by atoms with van der Waals surface area (Å²) >= 11 is 0. The van der Waals surface area contributed by atoms with Gasteiger partial charge >= 0.3 is 5.97 Å². The van der Waals surface area contributed by atoms with Gasteiger partial charge in [0.2, 0.25) is 11.2 Å². The van der Waals surface area contributed by atoms with Crippen LogP contribution in [0.15, 0.2) is 27.4 Å². The van der Waals surface area contributed by atoms with E-state index < -0.39 is 5.97 Å². The summed E-state index contributed by atoms with van der Waals surface area (Å²) < 4.78 is 15.6. The topological polar surface area (TPSA) is 65.7 Å². The molecule has 0 saturated heterocycles. The van der Waals surface area contributed by atoms with Crippen LogP contribution in [0.4, 0.5) is 0 Å². The third-order valence-electron chi connectivity index (χ3n) is 2.88. The zero-order valence-corrected chi connectivity index (χ0v) is 11.7. The smallest absolute Gasteiger partial charge is 0.337 e. The van der Waals surface area contributed by atoms with Crippen LogP contribution in [0.5, 0.6) is 5.75 Å². The summed E-state index contributed by atoms with van der Waals surface area (Å²) in [6.45, 7) is 4.07. The highest BCUT2D eigenvalue weighted by molar-refractivity contribution is 5.94. The average Bonchev–Trinajstić information content (AvgIpc) is 2.46. The van der Waals surface area contributed by atoms with Crippen LogP contribution >= 0.6 is 0 Å². The lowest BCUT2D eigenvalue weighted by Gasteiger charge is -2.08. The van der Waals surface area contributed by atoms with Crippen molar-refractivity contribution in [2.24, 2.45) is 0 Å². The molecule has 0 aliphatic rings. The number of esters is 1. The molecule has 0 fully saturated rings. The summed E-state index contributed by atoms with van der Waals surface area (Å²) in [6, 6.07) is 4.61. The molecule has 0 atom stereocenters. The van der Waals surface area contributed by atoms with E-state index in [1.54, 1.807) is 19.1 Å². The lowest BCUT2D eigenvalue weighted by Crippen LogP contribution is -2.11. The summed E-state index contributed by atoms with van der Waals surface area (Å²) in [7, 11) is 1.29. The maximum Gasteiger partial charge on any atom is 0.337 e. The number of benzene rings is 1. The van der Waals surface area contributed by atoms with Crippen molar-refractivity contribution in [1.82, 2.24) is 0 Å².